The van der Waals surface area contributed by atoms with Gasteiger partial charge in [-0.15, -0.1) is 0 Å². The van der Waals surface area contributed by atoms with Crippen LogP contribution in [0.3, 0.4) is 0 Å². The molecule has 84 valence electrons. The molecule has 0 saturated carbocycles. The molecule has 0 heterocycles. The Morgan fingerprint density at radius 2 is 1.60 bits per heavy atom. The summed E-state index contributed by atoms with van der Waals surface area (Å²) in [5.41, 5.74) is 3.49. The van der Waals surface area contributed by atoms with E-state index in [-0.39, 0.29) is 0 Å². The molecule has 0 aliphatic carbocycles. The van der Waals surface area contributed by atoms with Crippen molar-refractivity contribution in [1.29, 1.82) is 0 Å². The third kappa shape index (κ3) is 3.09. The maximum atomic E-state index is 2.36. The van der Waals surface area contributed by atoms with Gasteiger partial charge >= 0.3 is 0 Å². The minimum Gasteiger partial charge on any atom is -0.0617 e. The van der Waals surface area contributed by atoms with Crippen molar-refractivity contribution in [2.45, 2.75) is 48.0 Å². The maximum absolute atomic E-state index is 2.36. The lowest BCUT2D eigenvalue weighted by molar-refractivity contribution is 0.132. The summed E-state index contributed by atoms with van der Waals surface area (Å²) in [5, 5.41) is 0. The van der Waals surface area contributed by atoms with Crippen LogP contribution in [-0.2, 0) is 6.42 Å². The van der Waals surface area contributed by atoms with E-state index < -0.39 is 0 Å². The highest BCUT2D eigenvalue weighted by Gasteiger charge is 2.32. The van der Waals surface area contributed by atoms with Crippen LogP contribution in [0.5, 0.6) is 0 Å². The van der Waals surface area contributed by atoms with Gasteiger partial charge in [0, 0.05) is 0 Å². The van der Waals surface area contributed by atoms with Crippen LogP contribution in [0.1, 0.15) is 45.7 Å². The van der Waals surface area contributed by atoms with Crippen LogP contribution in [0.4, 0.5) is 0 Å². The van der Waals surface area contributed by atoms with Gasteiger partial charge in [-0.25, -0.2) is 0 Å². The molecule has 0 radical (unpaired) electrons. The van der Waals surface area contributed by atoms with Crippen molar-refractivity contribution in [3.63, 3.8) is 0 Å². The molecule has 0 heteroatoms. The van der Waals surface area contributed by atoms with E-state index in [4.69, 9.17) is 0 Å². The minimum absolute atomic E-state index is 0.334. The number of hydrogen-bond acceptors (Lipinski definition) is 0. The average molecular weight is 204 g/mol. The van der Waals surface area contributed by atoms with Crippen LogP contribution in [-0.4, -0.2) is 0 Å². The first-order valence-corrected chi connectivity index (χ1v) is 5.78. The predicted molar refractivity (Wildman–Crippen MR) is 68.1 cm³/mol. The second kappa shape index (κ2) is 4.00. The van der Waals surface area contributed by atoms with Crippen LogP contribution in [0.15, 0.2) is 24.3 Å². The van der Waals surface area contributed by atoms with Gasteiger partial charge < -0.3 is 0 Å². The van der Waals surface area contributed by atoms with Gasteiger partial charge in [0.1, 0.15) is 0 Å². The van der Waals surface area contributed by atoms with Crippen molar-refractivity contribution in [2.75, 3.05) is 0 Å². The number of aryl methyl sites for hydroxylation is 1. The molecule has 0 nitrogen and oxygen atoms in total. The third-order valence-electron chi connectivity index (χ3n) is 3.76. The van der Waals surface area contributed by atoms with E-state index in [0.29, 0.717) is 10.8 Å². The van der Waals surface area contributed by atoms with Gasteiger partial charge in [-0.05, 0) is 29.7 Å². The molecule has 1 aromatic carbocycles. The third-order valence-corrected chi connectivity index (χ3v) is 3.76. The van der Waals surface area contributed by atoms with E-state index in [0.717, 1.165) is 6.42 Å². The van der Waals surface area contributed by atoms with E-state index >= 15 is 0 Å². The van der Waals surface area contributed by atoms with Crippen LogP contribution in [0.25, 0.3) is 0 Å². The molecule has 1 rings (SSSR count). The standard InChI is InChI=1S/C15H24/c1-12-8-7-9-13(10-12)11-15(5,6)14(2,3)4/h7-10H,11H2,1-6H3. The van der Waals surface area contributed by atoms with Gasteiger partial charge in [-0.2, -0.15) is 0 Å². The highest BCUT2D eigenvalue weighted by Crippen LogP contribution is 2.40. The van der Waals surface area contributed by atoms with Crippen LogP contribution < -0.4 is 0 Å². The predicted octanol–water partition coefficient (Wildman–Crippen LogP) is 4.61. The first-order valence-electron chi connectivity index (χ1n) is 5.78. The molecule has 0 unspecified atom stereocenters. The molecule has 0 spiro atoms. The van der Waals surface area contributed by atoms with E-state index in [1.54, 1.807) is 0 Å². The Kier molecular flexibility index (Phi) is 3.28. The molecule has 0 N–H and O–H groups in total. The molecule has 0 fully saturated rings. The van der Waals surface area contributed by atoms with Gasteiger partial charge in [-0.3, -0.25) is 0 Å². The molecule has 0 bridgehead atoms. The Bertz CT molecular complexity index is 326. The summed E-state index contributed by atoms with van der Waals surface area (Å²) < 4.78 is 0. The quantitative estimate of drug-likeness (QED) is 0.660. The number of benzene rings is 1. The normalized spacial score (nSPS) is 12.9. The maximum Gasteiger partial charge on any atom is -0.0222 e. The lowest BCUT2D eigenvalue weighted by Gasteiger charge is -2.39. The summed E-state index contributed by atoms with van der Waals surface area (Å²) in [6.45, 7) is 13.8. The van der Waals surface area contributed by atoms with Crippen LogP contribution in [0.2, 0.25) is 0 Å². The fourth-order valence-electron chi connectivity index (χ4n) is 1.60. The van der Waals surface area contributed by atoms with Crippen molar-refractivity contribution in [3.05, 3.63) is 35.4 Å². The molecule has 1 aromatic rings. The second-order valence-electron chi connectivity index (χ2n) is 6.30. The molecule has 0 amide bonds. The van der Waals surface area contributed by atoms with Crippen molar-refractivity contribution >= 4 is 0 Å². The second-order valence-corrected chi connectivity index (χ2v) is 6.30. The van der Waals surface area contributed by atoms with E-state index in [2.05, 4.69) is 65.8 Å². The minimum atomic E-state index is 0.334. The fraction of sp³-hybridized carbons (Fsp3) is 0.600. The highest BCUT2D eigenvalue weighted by atomic mass is 14.4. The molecule has 15 heavy (non-hydrogen) atoms. The summed E-state index contributed by atoms with van der Waals surface area (Å²) in [6, 6.07) is 8.85. The zero-order valence-electron chi connectivity index (χ0n) is 11.0. The lowest BCUT2D eigenvalue weighted by Crippen LogP contribution is -2.31. The largest absolute Gasteiger partial charge is 0.0617 e. The molecule has 0 aliphatic heterocycles. The zero-order chi connectivity index (χ0) is 11.7. The van der Waals surface area contributed by atoms with Gasteiger partial charge in [0.2, 0.25) is 0 Å². The summed E-state index contributed by atoms with van der Waals surface area (Å²) in [6.07, 6.45) is 1.15. The van der Waals surface area contributed by atoms with Crippen molar-refractivity contribution in [3.8, 4) is 0 Å². The fourth-order valence-corrected chi connectivity index (χ4v) is 1.60. The molecular weight excluding hydrogens is 180 g/mol. The molecule has 0 saturated heterocycles. The van der Waals surface area contributed by atoms with Crippen molar-refractivity contribution in [1.82, 2.24) is 0 Å². The molecular formula is C15H24. The number of rotatable bonds is 2. The summed E-state index contributed by atoms with van der Waals surface area (Å²) in [5.74, 6) is 0. The van der Waals surface area contributed by atoms with Crippen LogP contribution in [0, 0.1) is 17.8 Å². The Balaban J connectivity index is 2.87. The Labute approximate surface area is 94.7 Å². The van der Waals surface area contributed by atoms with E-state index in [9.17, 15) is 0 Å². The van der Waals surface area contributed by atoms with Crippen molar-refractivity contribution < 1.29 is 0 Å². The van der Waals surface area contributed by atoms with Gasteiger partial charge in [0.25, 0.3) is 0 Å². The Hall–Kier alpha value is -0.780. The zero-order valence-corrected chi connectivity index (χ0v) is 11.0. The van der Waals surface area contributed by atoms with Crippen molar-refractivity contribution in [2.24, 2.45) is 10.8 Å². The number of hydrogen-bond donors (Lipinski definition) is 0. The van der Waals surface area contributed by atoms with E-state index in [1.165, 1.54) is 11.1 Å². The SMILES string of the molecule is Cc1cccc(CC(C)(C)C(C)(C)C)c1. The van der Waals surface area contributed by atoms with Gasteiger partial charge in [0.05, 0.1) is 0 Å². The smallest absolute Gasteiger partial charge is 0.0222 e. The first kappa shape index (κ1) is 12.3. The molecule has 0 atom stereocenters. The summed E-state index contributed by atoms with van der Waals surface area (Å²) in [4.78, 5) is 0. The van der Waals surface area contributed by atoms with Gasteiger partial charge in [-0.1, -0.05) is 64.4 Å². The topological polar surface area (TPSA) is 0 Å². The Morgan fingerprint density at radius 3 is 2.07 bits per heavy atom. The average Bonchev–Trinajstić information content (AvgIpc) is 2.00. The monoisotopic (exact) mass is 204 g/mol. The van der Waals surface area contributed by atoms with Gasteiger partial charge in [0.15, 0.2) is 0 Å². The molecule has 0 aromatic heterocycles. The molecule has 0 aliphatic rings. The Morgan fingerprint density at radius 1 is 1.00 bits per heavy atom. The van der Waals surface area contributed by atoms with Crippen LogP contribution >= 0.6 is 0 Å². The first-order chi connectivity index (χ1) is 6.72. The lowest BCUT2D eigenvalue weighted by atomic mass is 9.66. The van der Waals surface area contributed by atoms with E-state index in [1.807, 2.05) is 0 Å². The summed E-state index contributed by atoms with van der Waals surface area (Å²) in [7, 11) is 0. The summed E-state index contributed by atoms with van der Waals surface area (Å²) >= 11 is 0. The highest BCUT2D eigenvalue weighted by molar-refractivity contribution is 5.23.